The summed E-state index contributed by atoms with van der Waals surface area (Å²) >= 11 is 5.28. The Morgan fingerprint density at radius 1 is 1.38 bits per heavy atom. The number of rotatable bonds is 6. The van der Waals surface area contributed by atoms with Crippen molar-refractivity contribution in [3.8, 4) is 0 Å². The molecule has 78 valence electrons. The van der Waals surface area contributed by atoms with Crippen molar-refractivity contribution in [2.45, 2.75) is 13.3 Å². The molecule has 0 saturated carbocycles. The van der Waals surface area contributed by atoms with Gasteiger partial charge in [0, 0.05) is 18.8 Å². The van der Waals surface area contributed by atoms with Gasteiger partial charge in [0.25, 0.3) is 0 Å². The van der Waals surface area contributed by atoms with Gasteiger partial charge in [0.2, 0.25) is 5.91 Å². The number of amides is 1. The SMILES string of the molecule is CCNC(=O)CCS(=O)(=O)CCCl. The quantitative estimate of drug-likeness (QED) is 0.658. The topological polar surface area (TPSA) is 63.2 Å². The van der Waals surface area contributed by atoms with Gasteiger partial charge in [-0.25, -0.2) is 8.42 Å². The molecule has 0 unspecified atom stereocenters. The summed E-state index contributed by atoms with van der Waals surface area (Å²) in [5, 5.41) is 2.52. The van der Waals surface area contributed by atoms with Crippen molar-refractivity contribution < 1.29 is 13.2 Å². The van der Waals surface area contributed by atoms with E-state index in [-0.39, 0.29) is 29.7 Å². The molecule has 0 saturated heterocycles. The lowest BCUT2D eigenvalue weighted by Gasteiger charge is -2.02. The van der Waals surface area contributed by atoms with Crippen LogP contribution in [-0.4, -0.2) is 38.3 Å². The summed E-state index contributed by atoms with van der Waals surface area (Å²) < 4.78 is 22.1. The molecule has 6 heteroatoms. The summed E-state index contributed by atoms with van der Waals surface area (Å²) in [6.45, 7) is 2.31. The molecule has 0 spiro atoms. The van der Waals surface area contributed by atoms with Gasteiger partial charge in [0.1, 0.15) is 0 Å². The van der Waals surface area contributed by atoms with E-state index in [2.05, 4.69) is 5.32 Å². The molecule has 0 aromatic heterocycles. The number of alkyl halides is 1. The van der Waals surface area contributed by atoms with E-state index in [0.717, 1.165) is 0 Å². The van der Waals surface area contributed by atoms with Gasteiger partial charge >= 0.3 is 0 Å². The average Bonchev–Trinajstić information content (AvgIpc) is 2.02. The minimum Gasteiger partial charge on any atom is -0.356 e. The minimum atomic E-state index is -3.14. The first-order valence-electron chi connectivity index (χ1n) is 4.05. The molecular formula is C7H14ClNO3S. The van der Waals surface area contributed by atoms with Crippen LogP contribution in [0.3, 0.4) is 0 Å². The van der Waals surface area contributed by atoms with Gasteiger partial charge in [-0.15, -0.1) is 11.6 Å². The highest BCUT2D eigenvalue weighted by molar-refractivity contribution is 7.91. The Hall–Kier alpha value is -0.290. The summed E-state index contributed by atoms with van der Waals surface area (Å²) in [5.74, 6) is -0.335. The van der Waals surface area contributed by atoms with Crippen LogP contribution in [0.4, 0.5) is 0 Å². The fourth-order valence-electron chi connectivity index (χ4n) is 0.753. The van der Waals surface area contributed by atoms with E-state index in [1.165, 1.54) is 0 Å². The minimum absolute atomic E-state index is 0.0209. The van der Waals surface area contributed by atoms with Crippen molar-refractivity contribution in [2.24, 2.45) is 0 Å². The Bertz CT molecular complexity index is 250. The van der Waals surface area contributed by atoms with Crippen molar-refractivity contribution >= 4 is 27.3 Å². The Labute approximate surface area is 83.6 Å². The van der Waals surface area contributed by atoms with Gasteiger partial charge in [0.05, 0.1) is 11.5 Å². The maximum atomic E-state index is 11.1. The fourth-order valence-corrected chi connectivity index (χ4v) is 2.39. The maximum Gasteiger partial charge on any atom is 0.221 e. The molecule has 1 N–H and O–H groups in total. The molecular weight excluding hydrogens is 214 g/mol. The molecule has 0 aromatic carbocycles. The third kappa shape index (κ3) is 6.83. The van der Waals surface area contributed by atoms with Gasteiger partial charge in [0.15, 0.2) is 9.84 Å². The van der Waals surface area contributed by atoms with Gasteiger partial charge in [-0.2, -0.15) is 0 Å². The lowest BCUT2D eigenvalue weighted by Crippen LogP contribution is -2.25. The molecule has 0 aliphatic carbocycles. The van der Waals surface area contributed by atoms with Crippen LogP contribution in [0.15, 0.2) is 0 Å². The Morgan fingerprint density at radius 2 is 2.00 bits per heavy atom. The van der Waals surface area contributed by atoms with Crippen LogP contribution < -0.4 is 5.32 Å². The molecule has 1 amide bonds. The van der Waals surface area contributed by atoms with Gasteiger partial charge < -0.3 is 5.32 Å². The number of nitrogens with one attached hydrogen (secondary N) is 1. The van der Waals surface area contributed by atoms with Crippen LogP contribution in [0.5, 0.6) is 0 Å². The van der Waals surface area contributed by atoms with E-state index < -0.39 is 9.84 Å². The van der Waals surface area contributed by atoms with E-state index in [9.17, 15) is 13.2 Å². The van der Waals surface area contributed by atoms with Crippen LogP contribution >= 0.6 is 11.6 Å². The van der Waals surface area contributed by atoms with Crippen molar-refractivity contribution in [3.63, 3.8) is 0 Å². The molecule has 0 bridgehead atoms. The highest BCUT2D eigenvalue weighted by atomic mass is 35.5. The highest BCUT2D eigenvalue weighted by Crippen LogP contribution is 1.95. The van der Waals surface area contributed by atoms with E-state index in [1.54, 1.807) is 6.92 Å². The zero-order valence-corrected chi connectivity index (χ0v) is 9.12. The van der Waals surface area contributed by atoms with Crippen molar-refractivity contribution in [2.75, 3.05) is 23.9 Å². The second-order valence-corrected chi connectivity index (χ2v) is 5.23. The number of halogens is 1. The second kappa shape index (κ2) is 6.21. The van der Waals surface area contributed by atoms with E-state index in [0.29, 0.717) is 6.54 Å². The third-order valence-corrected chi connectivity index (χ3v) is 3.47. The number of hydrogen-bond acceptors (Lipinski definition) is 3. The monoisotopic (exact) mass is 227 g/mol. The molecule has 0 aromatic rings. The van der Waals surface area contributed by atoms with Crippen molar-refractivity contribution in [3.05, 3.63) is 0 Å². The normalized spacial score (nSPS) is 11.2. The molecule has 4 nitrogen and oxygen atoms in total. The van der Waals surface area contributed by atoms with Crippen LogP contribution in [0.1, 0.15) is 13.3 Å². The molecule has 0 fully saturated rings. The van der Waals surface area contributed by atoms with Crippen molar-refractivity contribution in [1.29, 1.82) is 0 Å². The summed E-state index contributed by atoms with van der Waals surface area (Å²) in [7, 11) is -3.14. The van der Waals surface area contributed by atoms with Gasteiger partial charge in [-0.3, -0.25) is 4.79 Å². The number of sulfone groups is 1. The van der Waals surface area contributed by atoms with E-state index >= 15 is 0 Å². The highest BCUT2D eigenvalue weighted by Gasteiger charge is 2.11. The zero-order chi connectivity index (χ0) is 10.3. The zero-order valence-electron chi connectivity index (χ0n) is 7.55. The maximum absolute atomic E-state index is 11.1. The lowest BCUT2D eigenvalue weighted by molar-refractivity contribution is -0.120. The van der Waals surface area contributed by atoms with Crippen LogP contribution in [-0.2, 0) is 14.6 Å². The van der Waals surface area contributed by atoms with Gasteiger partial charge in [-0.05, 0) is 6.92 Å². The summed E-state index contributed by atoms with van der Waals surface area (Å²) in [4.78, 5) is 10.9. The summed E-state index contributed by atoms with van der Waals surface area (Å²) in [6, 6.07) is 0. The lowest BCUT2D eigenvalue weighted by atomic mass is 10.4. The second-order valence-electron chi connectivity index (χ2n) is 2.54. The first-order valence-corrected chi connectivity index (χ1v) is 6.40. The molecule has 0 rings (SSSR count). The van der Waals surface area contributed by atoms with Crippen LogP contribution in [0, 0.1) is 0 Å². The van der Waals surface area contributed by atoms with E-state index in [4.69, 9.17) is 11.6 Å². The molecule has 0 heterocycles. The standard InChI is InChI=1S/C7H14ClNO3S/c1-2-9-7(10)3-5-13(11,12)6-4-8/h2-6H2,1H3,(H,9,10). The predicted molar refractivity (Wildman–Crippen MR) is 52.7 cm³/mol. The van der Waals surface area contributed by atoms with Gasteiger partial charge in [-0.1, -0.05) is 0 Å². The molecule has 13 heavy (non-hydrogen) atoms. The predicted octanol–water partition coefficient (Wildman–Crippen LogP) is 0.166. The first kappa shape index (κ1) is 12.7. The molecule has 0 aliphatic heterocycles. The smallest absolute Gasteiger partial charge is 0.221 e. The molecule has 0 atom stereocenters. The number of carbonyl (C=O) groups excluding carboxylic acids is 1. The summed E-state index contributed by atoms with van der Waals surface area (Å²) in [5.41, 5.74) is 0. The Morgan fingerprint density at radius 3 is 2.46 bits per heavy atom. The van der Waals surface area contributed by atoms with E-state index in [1.807, 2.05) is 0 Å². The van der Waals surface area contributed by atoms with Crippen LogP contribution in [0.25, 0.3) is 0 Å². The third-order valence-electron chi connectivity index (χ3n) is 1.40. The Kier molecular flexibility index (Phi) is 6.07. The number of carbonyl (C=O) groups is 1. The molecule has 0 aliphatic rings. The fraction of sp³-hybridized carbons (Fsp3) is 0.857. The Balaban J connectivity index is 3.81. The number of hydrogen-bond donors (Lipinski definition) is 1. The largest absolute Gasteiger partial charge is 0.356 e. The first-order chi connectivity index (χ1) is 6.02. The van der Waals surface area contributed by atoms with Crippen molar-refractivity contribution in [1.82, 2.24) is 5.32 Å². The van der Waals surface area contributed by atoms with Crippen LogP contribution in [0.2, 0.25) is 0 Å². The average molecular weight is 228 g/mol. The summed E-state index contributed by atoms with van der Waals surface area (Å²) in [6.07, 6.45) is 0.0209. The molecule has 0 radical (unpaired) electrons.